The largest absolute Gasteiger partial charge is 0.477 e. The van der Waals surface area contributed by atoms with Crippen LogP contribution in [0, 0.1) is 5.92 Å². The molecule has 0 N–H and O–H groups in total. The van der Waals surface area contributed by atoms with Gasteiger partial charge in [-0.2, -0.15) is 0 Å². The summed E-state index contributed by atoms with van der Waals surface area (Å²) < 4.78 is 6.27. The number of hydrogen-bond acceptors (Lipinski definition) is 2. The minimum absolute atomic E-state index is 0.355. The lowest BCUT2D eigenvalue weighted by Gasteiger charge is -2.16. The van der Waals surface area contributed by atoms with Gasteiger partial charge in [0.05, 0.1) is 4.90 Å². The molecule has 1 heterocycles. The number of rotatable bonds is 1. The molecule has 2 heteroatoms. The molecule has 1 saturated carbocycles. The summed E-state index contributed by atoms with van der Waals surface area (Å²) in [5.74, 6) is 1.87. The Hall–Kier alpha value is -1.15. The van der Waals surface area contributed by atoms with E-state index in [1.165, 1.54) is 41.4 Å². The van der Waals surface area contributed by atoms with E-state index in [-0.39, 0.29) is 0 Å². The fraction of sp³-hybridized carbons (Fsp3) is 0.375. The Morgan fingerprint density at radius 1 is 1.00 bits per heavy atom. The molecule has 1 fully saturated rings. The number of ether oxygens (including phenoxy) is 1. The maximum atomic E-state index is 6.27. The first-order chi connectivity index (χ1) is 8.92. The first-order valence-electron chi connectivity index (χ1n) is 6.77. The SMILES string of the molecule is c1ccc2c3c(ccc2c1)SC(C1CCCC1)O3. The Bertz CT molecular complexity index is 587. The van der Waals surface area contributed by atoms with Crippen molar-refractivity contribution in [2.45, 2.75) is 36.0 Å². The molecule has 0 amide bonds. The molecule has 1 atom stereocenters. The van der Waals surface area contributed by atoms with E-state index < -0.39 is 0 Å². The van der Waals surface area contributed by atoms with Crippen LogP contribution in [0.4, 0.5) is 0 Å². The monoisotopic (exact) mass is 256 g/mol. The van der Waals surface area contributed by atoms with Crippen LogP contribution in [0.5, 0.6) is 5.75 Å². The van der Waals surface area contributed by atoms with Gasteiger partial charge < -0.3 is 4.74 Å². The molecule has 0 bridgehead atoms. The van der Waals surface area contributed by atoms with Crippen LogP contribution in [0.1, 0.15) is 25.7 Å². The zero-order chi connectivity index (χ0) is 11.9. The van der Waals surface area contributed by atoms with Crippen molar-refractivity contribution in [1.29, 1.82) is 0 Å². The van der Waals surface area contributed by atoms with Gasteiger partial charge in [-0.05, 0) is 24.3 Å². The lowest BCUT2D eigenvalue weighted by molar-refractivity contribution is 0.227. The van der Waals surface area contributed by atoms with Crippen LogP contribution in [-0.2, 0) is 0 Å². The summed E-state index contributed by atoms with van der Waals surface area (Å²) in [5, 5.41) is 2.55. The summed E-state index contributed by atoms with van der Waals surface area (Å²) in [6, 6.07) is 12.9. The quantitative estimate of drug-likeness (QED) is 0.722. The Balaban J connectivity index is 1.74. The molecule has 92 valence electrons. The minimum Gasteiger partial charge on any atom is -0.477 e. The minimum atomic E-state index is 0.355. The topological polar surface area (TPSA) is 9.23 Å². The lowest BCUT2D eigenvalue weighted by atomic mass is 10.1. The first kappa shape index (κ1) is 10.7. The number of benzene rings is 2. The summed E-state index contributed by atoms with van der Waals surface area (Å²) in [4.78, 5) is 1.32. The van der Waals surface area contributed by atoms with Gasteiger partial charge in [-0.3, -0.25) is 0 Å². The molecule has 0 radical (unpaired) electrons. The Labute approximate surface area is 112 Å². The van der Waals surface area contributed by atoms with E-state index in [4.69, 9.17) is 4.74 Å². The van der Waals surface area contributed by atoms with Crippen molar-refractivity contribution in [3.05, 3.63) is 36.4 Å². The molecule has 18 heavy (non-hydrogen) atoms. The van der Waals surface area contributed by atoms with Gasteiger partial charge in [-0.15, -0.1) is 0 Å². The van der Waals surface area contributed by atoms with Crippen LogP contribution in [0.3, 0.4) is 0 Å². The highest BCUT2D eigenvalue weighted by Gasteiger charge is 2.33. The van der Waals surface area contributed by atoms with Crippen LogP contribution < -0.4 is 4.74 Å². The van der Waals surface area contributed by atoms with Gasteiger partial charge in [-0.1, -0.05) is 54.9 Å². The number of thioether (sulfide) groups is 1. The van der Waals surface area contributed by atoms with E-state index in [2.05, 4.69) is 36.4 Å². The molecule has 1 unspecified atom stereocenters. The van der Waals surface area contributed by atoms with Crippen LogP contribution in [0.25, 0.3) is 10.8 Å². The van der Waals surface area contributed by atoms with Gasteiger partial charge in [0.1, 0.15) is 5.75 Å². The molecule has 2 aromatic carbocycles. The molecule has 0 saturated heterocycles. The third-order valence-corrected chi connectivity index (χ3v) is 5.39. The van der Waals surface area contributed by atoms with Gasteiger partial charge in [0.25, 0.3) is 0 Å². The summed E-state index contributed by atoms with van der Waals surface area (Å²) >= 11 is 1.93. The molecule has 1 aliphatic carbocycles. The van der Waals surface area contributed by atoms with Crippen molar-refractivity contribution in [3.8, 4) is 5.75 Å². The third-order valence-electron chi connectivity index (χ3n) is 4.11. The number of fused-ring (bicyclic) bond motifs is 3. The predicted molar refractivity (Wildman–Crippen MR) is 76.2 cm³/mol. The highest BCUT2D eigenvalue weighted by Crippen LogP contribution is 2.49. The molecule has 2 aromatic rings. The molecular weight excluding hydrogens is 240 g/mol. The fourth-order valence-corrected chi connectivity index (χ4v) is 4.40. The van der Waals surface area contributed by atoms with E-state index in [1.54, 1.807) is 0 Å². The van der Waals surface area contributed by atoms with Crippen molar-refractivity contribution in [2.24, 2.45) is 5.92 Å². The zero-order valence-electron chi connectivity index (χ0n) is 10.3. The first-order valence-corrected chi connectivity index (χ1v) is 7.65. The fourth-order valence-electron chi connectivity index (χ4n) is 3.12. The van der Waals surface area contributed by atoms with Crippen molar-refractivity contribution in [3.63, 3.8) is 0 Å². The average Bonchev–Trinajstić information content (AvgIpc) is 3.07. The van der Waals surface area contributed by atoms with Crippen LogP contribution in [0.15, 0.2) is 41.3 Å². The molecular formula is C16H16OS. The average molecular weight is 256 g/mol. The summed E-state index contributed by atoms with van der Waals surface area (Å²) in [7, 11) is 0. The van der Waals surface area contributed by atoms with Gasteiger partial charge in [0, 0.05) is 11.3 Å². The van der Waals surface area contributed by atoms with Gasteiger partial charge in [-0.25, -0.2) is 0 Å². The van der Waals surface area contributed by atoms with E-state index in [1.807, 2.05) is 11.8 Å². The second kappa shape index (κ2) is 4.20. The zero-order valence-corrected chi connectivity index (χ0v) is 11.1. The highest BCUT2D eigenvalue weighted by molar-refractivity contribution is 8.00. The summed E-state index contributed by atoms with van der Waals surface area (Å²) in [6.07, 6.45) is 5.43. The predicted octanol–water partition coefficient (Wildman–Crippen LogP) is 4.84. The van der Waals surface area contributed by atoms with Gasteiger partial charge in [0.2, 0.25) is 0 Å². The number of hydrogen-bond donors (Lipinski definition) is 0. The Kier molecular flexibility index (Phi) is 2.51. The Morgan fingerprint density at radius 3 is 2.72 bits per heavy atom. The maximum absolute atomic E-state index is 6.27. The second-order valence-corrected chi connectivity index (χ2v) is 6.40. The van der Waals surface area contributed by atoms with E-state index in [0.717, 1.165) is 11.7 Å². The van der Waals surface area contributed by atoms with Gasteiger partial charge >= 0.3 is 0 Å². The van der Waals surface area contributed by atoms with E-state index in [9.17, 15) is 0 Å². The Morgan fingerprint density at radius 2 is 1.83 bits per heavy atom. The lowest BCUT2D eigenvalue weighted by Crippen LogP contribution is -2.17. The molecule has 4 rings (SSSR count). The van der Waals surface area contributed by atoms with E-state index in [0.29, 0.717) is 5.44 Å². The van der Waals surface area contributed by atoms with Crippen LogP contribution >= 0.6 is 11.8 Å². The second-order valence-electron chi connectivity index (χ2n) is 5.26. The maximum Gasteiger partial charge on any atom is 0.151 e. The molecule has 1 nitrogen and oxygen atoms in total. The van der Waals surface area contributed by atoms with Crippen LogP contribution in [-0.4, -0.2) is 5.44 Å². The van der Waals surface area contributed by atoms with Crippen molar-refractivity contribution in [2.75, 3.05) is 0 Å². The molecule has 0 aromatic heterocycles. The molecule has 0 spiro atoms. The van der Waals surface area contributed by atoms with Crippen molar-refractivity contribution < 1.29 is 4.74 Å². The van der Waals surface area contributed by atoms with Crippen molar-refractivity contribution >= 4 is 22.5 Å². The van der Waals surface area contributed by atoms with Crippen molar-refractivity contribution in [1.82, 2.24) is 0 Å². The summed E-state index contributed by atoms with van der Waals surface area (Å²) in [6.45, 7) is 0. The molecule has 1 aliphatic heterocycles. The van der Waals surface area contributed by atoms with Crippen LogP contribution in [0.2, 0.25) is 0 Å². The smallest absolute Gasteiger partial charge is 0.151 e. The van der Waals surface area contributed by atoms with E-state index >= 15 is 0 Å². The third kappa shape index (κ3) is 1.63. The molecule has 2 aliphatic rings. The normalized spacial score (nSPS) is 23.2. The van der Waals surface area contributed by atoms with Gasteiger partial charge in [0.15, 0.2) is 5.44 Å². The highest BCUT2D eigenvalue weighted by atomic mass is 32.2. The standard InChI is InChI=1S/C16H16OS/c1-2-7-12(6-1)16-17-15-13-8-4-3-5-11(13)9-10-14(15)18-16/h3-5,8-10,12,16H,1-2,6-7H2. The summed E-state index contributed by atoms with van der Waals surface area (Å²) in [5.41, 5.74) is 0.355.